The van der Waals surface area contributed by atoms with Crippen LogP contribution in [0.2, 0.25) is 5.02 Å². The highest BCUT2D eigenvalue weighted by Gasteiger charge is 2.00. The van der Waals surface area contributed by atoms with Gasteiger partial charge in [-0.3, -0.25) is 10.9 Å². The van der Waals surface area contributed by atoms with Gasteiger partial charge in [0.1, 0.15) is 5.75 Å². The zero-order valence-corrected chi connectivity index (χ0v) is 16.7. The normalized spacial score (nSPS) is 9.92. The minimum atomic E-state index is 0.413. The van der Waals surface area contributed by atoms with Crippen LogP contribution in [0.5, 0.6) is 5.75 Å². The van der Waals surface area contributed by atoms with Crippen LogP contribution < -0.4 is 26.2 Å². The van der Waals surface area contributed by atoms with Gasteiger partial charge in [-0.05, 0) is 79.7 Å². The maximum absolute atomic E-state index is 5.87. The SMILES string of the molecule is CCOc1ccc(NC(=S)NNC(=S)NCCc2ccc(Cl)cc2)cc1. The van der Waals surface area contributed by atoms with Crippen LogP contribution in [0.3, 0.4) is 0 Å². The lowest BCUT2D eigenvalue weighted by atomic mass is 10.1. The predicted octanol–water partition coefficient (Wildman–Crippen LogP) is 3.65. The summed E-state index contributed by atoms with van der Waals surface area (Å²) >= 11 is 16.3. The first kappa shape index (κ1) is 20.2. The quantitative estimate of drug-likeness (QED) is 0.430. The summed E-state index contributed by atoms with van der Waals surface area (Å²) in [6.45, 7) is 3.29. The molecule has 5 nitrogen and oxygen atoms in total. The fraction of sp³-hybridized carbons (Fsp3) is 0.222. The van der Waals surface area contributed by atoms with Gasteiger partial charge in [-0.25, -0.2) is 0 Å². The molecule has 0 saturated heterocycles. The second-order valence-corrected chi connectivity index (χ2v) is 6.55. The van der Waals surface area contributed by atoms with E-state index in [9.17, 15) is 0 Å². The van der Waals surface area contributed by atoms with Crippen molar-refractivity contribution in [1.82, 2.24) is 16.2 Å². The molecule has 0 saturated carbocycles. The minimum Gasteiger partial charge on any atom is -0.494 e. The number of rotatable bonds is 6. The fourth-order valence-electron chi connectivity index (χ4n) is 2.09. The number of hydrogen-bond acceptors (Lipinski definition) is 3. The highest BCUT2D eigenvalue weighted by atomic mass is 35.5. The Labute approximate surface area is 169 Å². The predicted molar refractivity (Wildman–Crippen MR) is 116 cm³/mol. The van der Waals surface area contributed by atoms with Crippen LogP contribution in [-0.2, 0) is 6.42 Å². The van der Waals surface area contributed by atoms with Crippen molar-refractivity contribution in [1.29, 1.82) is 0 Å². The van der Waals surface area contributed by atoms with Crippen LogP contribution in [-0.4, -0.2) is 23.4 Å². The van der Waals surface area contributed by atoms with E-state index in [-0.39, 0.29) is 0 Å². The maximum Gasteiger partial charge on any atom is 0.189 e. The molecule has 8 heteroatoms. The van der Waals surface area contributed by atoms with Gasteiger partial charge in [-0.2, -0.15) is 0 Å². The zero-order chi connectivity index (χ0) is 18.8. The Bertz CT molecular complexity index is 723. The molecule has 4 N–H and O–H groups in total. The van der Waals surface area contributed by atoms with E-state index in [1.54, 1.807) is 0 Å². The number of anilines is 1. The van der Waals surface area contributed by atoms with Gasteiger partial charge in [0.05, 0.1) is 6.61 Å². The molecule has 0 radical (unpaired) electrons. The summed E-state index contributed by atoms with van der Waals surface area (Å²) in [5.74, 6) is 0.820. The largest absolute Gasteiger partial charge is 0.494 e. The Balaban J connectivity index is 1.64. The van der Waals surface area contributed by atoms with Crippen molar-refractivity contribution in [3.8, 4) is 5.75 Å². The van der Waals surface area contributed by atoms with E-state index in [4.69, 9.17) is 40.8 Å². The molecular formula is C18H21ClN4OS2. The van der Waals surface area contributed by atoms with Crippen LogP contribution in [0.4, 0.5) is 5.69 Å². The molecule has 0 aliphatic heterocycles. The van der Waals surface area contributed by atoms with Gasteiger partial charge in [0.25, 0.3) is 0 Å². The third-order valence-corrected chi connectivity index (χ3v) is 4.03. The van der Waals surface area contributed by atoms with Crippen LogP contribution in [0.25, 0.3) is 0 Å². The van der Waals surface area contributed by atoms with Crippen molar-refractivity contribution in [2.24, 2.45) is 0 Å². The van der Waals surface area contributed by atoms with E-state index in [0.29, 0.717) is 23.4 Å². The summed E-state index contributed by atoms with van der Waals surface area (Å²) < 4.78 is 5.40. The van der Waals surface area contributed by atoms with Gasteiger partial charge >= 0.3 is 0 Å². The lowest BCUT2D eigenvalue weighted by Gasteiger charge is -2.14. The molecule has 0 aromatic heterocycles. The van der Waals surface area contributed by atoms with Crippen molar-refractivity contribution in [3.63, 3.8) is 0 Å². The van der Waals surface area contributed by atoms with E-state index in [1.807, 2.05) is 55.5 Å². The first-order valence-electron chi connectivity index (χ1n) is 8.15. The van der Waals surface area contributed by atoms with Crippen molar-refractivity contribution in [2.45, 2.75) is 13.3 Å². The summed E-state index contributed by atoms with van der Waals surface area (Å²) in [5, 5.41) is 7.78. The third-order valence-electron chi connectivity index (χ3n) is 3.33. The number of hydrazine groups is 1. The van der Waals surface area contributed by atoms with Crippen molar-refractivity contribution in [3.05, 3.63) is 59.1 Å². The average molecular weight is 409 g/mol. The fourth-order valence-corrected chi connectivity index (χ4v) is 2.54. The van der Waals surface area contributed by atoms with Crippen LogP contribution >= 0.6 is 36.0 Å². The first-order valence-corrected chi connectivity index (χ1v) is 9.34. The molecule has 2 aromatic rings. The second kappa shape index (κ2) is 10.8. The summed E-state index contributed by atoms with van der Waals surface area (Å²) in [4.78, 5) is 0. The Morgan fingerprint density at radius 3 is 2.27 bits per heavy atom. The molecule has 0 amide bonds. The standard InChI is InChI=1S/C18H21ClN4OS2/c1-2-24-16-9-7-15(8-10-16)21-18(26)23-22-17(25)20-12-11-13-3-5-14(19)6-4-13/h3-10H,2,11-12H2,1H3,(H2,20,22,25)(H2,21,23,26). The third kappa shape index (κ3) is 7.43. The lowest BCUT2D eigenvalue weighted by Crippen LogP contribution is -2.48. The van der Waals surface area contributed by atoms with E-state index >= 15 is 0 Å². The van der Waals surface area contributed by atoms with Crippen molar-refractivity contribution >= 4 is 51.9 Å². The number of hydrogen-bond donors (Lipinski definition) is 4. The van der Waals surface area contributed by atoms with E-state index < -0.39 is 0 Å². The van der Waals surface area contributed by atoms with Gasteiger partial charge in [-0.15, -0.1) is 0 Å². The number of nitrogens with one attached hydrogen (secondary N) is 4. The van der Waals surface area contributed by atoms with Crippen LogP contribution in [0.15, 0.2) is 48.5 Å². The summed E-state index contributed by atoms with van der Waals surface area (Å²) in [7, 11) is 0. The molecule has 0 bridgehead atoms. The van der Waals surface area contributed by atoms with E-state index in [0.717, 1.165) is 22.9 Å². The Morgan fingerprint density at radius 1 is 0.962 bits per heavy atom. The summed E-state index contributed by atoms with van der Waals surface area (Å²) in [5.41, 5.74) is 7.74. The zero-order valence-electron chi connectivity index (χ0n) is 14.3. The molecule has 0 aliphatic rings. The molecule has 0 fully saturated rings. The highest BCUT2D eigenvalue weighted by Crippen LogP contribution is 2.15. The molecule has 0 aliphatic carbocycles. The van der Waals surface area contributed by atoms with E-state index in [2.05, 4.69) is 21.5 Å². The molecule has 2 rings (SSSR count). The topological polar surface area (TPSA) is 57.4 Å². The van der Waals surface area contributed by atoms with Crippen molar-refractivity contribution in [2.75, 3.05) is 18.5 Å². The number of halogens is 1. The molecule has 26 heavy (non-hydrogen) atoms. The second-order valence-electron chi connectivity index (χ2n) is 5.29. The summed E-state index contributed by atoms with van der Waals surface area (Å²) in [6, 6.07) is 15.3. The Hall–Kier alpha value is -2.09. The maximum atomic E-state index is 5.87. The molecule has 0 atom stereocenters. The first-order chi connectivity index (χ1) is 12.6. The van der Waals surface area contributed by atoms with E-state index in [1.165, 1.54) is 5.56 Å². The minimum absolute atomic E-state index is 0.413. The lowest BCUT2D eigenvalue weighted by molar-refractivity contribution is 0.340. The molecule has 0 spiro atoms. The molecular weight excluding hydrogens is 388 g/mol. The average Bonchev–Trinajstić information content (AvgIpc) is 2.63. The smallest absolute Gasteiger partial charge is 0.189 e. The van der Waals surface area contributed by atoms with Gasteiger partial charge in [0.2, 0.25) is 0 Å². The van der Waals surface area contributed by atoms with Crippen LogP contribution in [0.1, 0.15) is 12.5 Å². The Morgan fingerprint density at radius 2 is 1.62 bits per heavy atom. The van der Waals surface area contributed by atoms with Gasteiger partial charge < -0.3 is 15.4 Å². The number of ether oxygens (including phenoxy) is 1. The molecule has 138 valence electrons. The monoisotopic (exact) mass is 408 g/mol. The van der Waals surface area contributed by atoms with Crippen LogP contribution in [0, 0.1) is 0 Å². The molecule has 0 heterocycles. The molecule has 2 aromatic carbocycles. The summed E-state index contributed by atoms with van der Waals surface area (Å²) in [6.07, 6.45) is 0.841. The van der Waals surface area contributed by atoms with Gasteiger partial charge in [-0.1, -0.05) is 23.7 Å². The van der Waals surface area contributed by atoms with Crippen molar-refractivity contribution < 1.29 is 4.74 Å². The van der Waals surface area contributed by atoms with Gasteiger partial charge in [0.15, 0.2) is 10.2 Å². The highest BCUT2D eigenvalue weighted by molar-refractivity contribution is 7.80. The van der Waals surface area contributed by atoms with Gasteiger partial charge in [0, 0.05) is 17.3 Å². The number of benzene rings is 2. The molecule has 0 unspecified atom stereocenters. The Kier molecular flexibility index (Phi) is 8.40. The number of thiocarbonyl (C=S) groups is 2.